The van der Waals surface area contributed by atoms with E-state index in [1.807, 2.05) is 0 Å². The number of rotatable bonds is 8. The molecule has 0 aliphatic rings. The first-order valence-corrected chi connectivity index (χ1v) is 7.98. The Bertz CT molecular complexity index is 432. The van der Waals surface area contributed by atoms with Crippen LogP contribution >= 0.6 is 0 Å². The number of hydrogen-bond acceptors (Lipinski definition) is 3. The molecule has 1 unspecified atom stereocenters. The molecule has 0 spiro atoms. The van der Waals surface area contributed by atoms with Crippen LogP contribution in [0.2, 0.25) is 0 Å². The Hall–Kier alpha value is -0.940. The third-order valence-corrected chi connectivity index (χ3v) is 4.46. The highest BCUT2D eigenvalue weighted by Crippen LogP contribution is 2.13. The van der Waals surface area contributed by atoms with Gasteiger partial charge in [-0.25, -0.2) is 13.1 Å². The first-order valence-electron chi connectivity index (χ1n) is 6.49. The first-order chi connectivity index (χ1) is 8.60. The SMILES string of the molecule is CCCCC(CC)CNS(=O)(=O)c1cccnc1. The second-order valence-electron chi connectivity index (χ2n) is 4.46. The van der Waals surface area contributed by atoms with Gasteiger partial charge in [-0.1, -0.05) is 33.1 Å². The number of nitrogens with one attached hydrogen (secondary N) is 1. The zero-order valence-electron chi connectivity index (χ0n) is 11.1. The number of unbranched alkanes of at least 4 members (excludes halogenated alkanes) is 1. The lowest BCUT2D eigenvalue weighted by Crippen LogP contribution is -2.29. The lowest BCUT2D eigenvalue weighted by atomic mass is 10.00. The monoisotopic (exact) mass is 270 g/mol. The van der Waals surface area contributed by atoms with Gasteiger partial charge in [0.25, 0.3) is 0 Å². The minimum Gasteiger partial charge on any atom is -0.263 e. The van der Waals surface area contributed by atoms with Crippen LogP contribution in [0.25, 0.3) is 0 Å². The summed E-state index contributed by atoms with van der Waals surface area (Å²) in [6.07, 6.45) is 7.29. The number of nitrogens with zero attached hydrogens (tertiary/aromatic N) is 1. The lowest BCUT2D eigenvalue weighted by Gasteiger charge is -2.15. The van der Waals surface area contributed by atoms with Crippen LogP contribution in [0.3, 0.4) is 0 Å². The van der Waals surface area contributed by atoms with Gasteiger partial charge >= 0.3 is 0 Å². The van der Waals surface area contributed by atoms with Crippen molar-refractivity contribution in [3.05, 3.63) is 24.5 Å². The average Bonchev–Trinajstić information content (AvgIpc) is 2.40. The Labute approximate surface area is 110 Å². The smallest absolute Gasteiger partial charge is 0.242 e. The molecule has 0 aliphatic carbocycles. The molecule has 0 radical (unpaired) electrons. The molecule has 1 atom stereocenters. The van der Waals surface area contributed by atoms with Crippen molar-refractivity contribution in [3.8, 4) is 0 Å². The van der Waals surface area contributed by atoms with Gasteiger partial charge < -0.3 is 0 Å². The topological polar surface area (TPSA) is 59.1 Å². The average molecular weight is 270 g/mol. The van der Waals surface area contributed by atoms with Gasteiger partial charge in [0.1, 0.15) is 4.90 Å². The van der Waals surface area contributed by atoms with E-state index in [0.717, 1.165) is 25.7 Å². The Kier molecular flexibility index (Phi) is 6.29. The molecule has 5 heteroatoms. The first kappa shape index (κ1) is 15.1. The van der Waals surface area contributed by atoms with Crippen LogP contribution < -0.4 is 4.72 Å². The standard InChI is InChI=1S/C13H22N2O2S/c1-3-5-7-12(4-2)10-15-18(16,17)13-8-6-9-14-11-13/h6,8-9,11-12,15H,3-5,7,10H2,1-2H3. The highest BCUT2D eigenvalue weighted by atomic mass is 32.2. The molecule has 1 N–H and O–H groups in total. The molecule has 0 amide bonds. The minimum absolute atomic E-state index is 0.232. The summed E-state index contributed by atoms with van der Waals surface area (Å²) in [5, 5.41) is 0. The predicted molar refractivity (Wildman–Crippen MR) is 72.7 cm³/mol. The Morgan fingerprint density at radius 1 is 1.39 bits per heavy atom. The molecule has 0 saturated heterocycles. The van der Waals surface area contributed by atoms with Crippen LogP contribution in [0, 0.1) is 5.92 Å². The van der Waals surface area contributed by atoms with Gasteiger partial charge in [-0.2, -0.15) is 0 Å². The summed E-state index contributed by atoms with van der Waals surface area (Å²) in [5.74, 6) is 0.413. The molecular formula is C13H22N2O2S. The summed E-state index contributed by atoms with van der Waals surface area (Å²) in [6.45, 7) is 4.75. The summed E-state index contributed by atoms with van der Waals surface area (Å²) in [5.41, 5.74) is 0. The quantitative estimate of drug-likeness (QED) is 0.790. The van der Waals surface area contributed by atoms with Crippen molar-refractivity contribution in [2.24, 2.45) is 5.92 Å². The van der Waals surface area contributed by atoms with E-state index in [2.05, 4.69) is 23.6 Å². The summed E-state index contributed by atoms with van der Waals surface area (Å²) in [4.78, 5) is 4.06. The lowest BCUT2D eigenvalue weighted by molar-refractivity contribution is 0.443. The van der Waals surface area contributed by atoms with Crippen molar-refractivity contribution in [2.45, 2.75) is 44.4 Å². The molecule has 18 heavy (non-hydrogen) atoms. The fourth-order valence-corrected chi connectivity index (χ4v) is 2.84. The van der Waals surface area contributed by atoms with Gasteiger partial charge in [-0.05, 0) is 24.5 Å². The van der Waals surface area contributed by atoms with Gasteiger partial charge in [-0.3, -0.25) is 4.98 Å². The number of hydrogen-bond donors (Lipinski definition) is 1. The molecule has 1 aromatic rings. The van der Waals surface area contributed by atoms with Gasteiger partial charge in [0, 0.05) is 18.9 Å². The van der Waals surface area contributed by atoms with Crippen LogP contribution in [-0.2, 0) is 10.0 Å². The highest BCUT2D eigenvalue weighted by Gasteiger charge is 2.15. The van der Waals surface area contributed by atoms with E-state index < -0.39 is 10.0 Å². The number of sulfonamides is 1. The fraction of sp³-hybridized carbons (Fsp3) is 0.615. The third kappa shape index (κ3) is 4.74. The van der Waals surface area contributed by atoms with Crippen LogP contribution in [0.5, 0.6) is 0 Å². The number of aromatic nitrogens is 1. The number of pyridine rings is 1. The molecule has 1 heterocycles. The van der Waals surface area contributed by atoms with Crippen molar-refractivity contribution in [1.82, 2.24) is 9.71 Å². The predicted octanol–water partition coefficient (Wildman–Crippen LogP) is 2.58. The van der Waals surface area contributed by atoms with Crippen LogP contribution in [0.15, 0.2) is 29.4 Å². The maximum Gasteiger partial charge on any atom is 0.242 e. The van der Waals surface area contributed by atoms with Crippen molar-refractivity contribution >= 4 is 10.0 Å². The molecular weight excluding hydrogens is 248 g/mol. The summed E-state index contributed by atoms with van der Waals surface area (Å²) in [7, 11) is -3.40. The largest absolute Gasteiger partial charge is 0.263 e. The van der Waals surface area contributed by atoms with Crippen molar-refractivity contribution in [1.29, 1.82) is 0 Å². The van der Waals surface area contributed by atoms with E-state index in [-0.39, 0.29) is 4.90 Å². The molecule has 102 valence electrons. The summed E-state index contributed by atoms with van der Waals surface area (Å²) < 4.78 is 26.6. The zero-order chi connectivity index (χ0) is 13.4. The Balaban J connectivity index is 2.56. The van der Waals surface area contributed by atoms with Gasteiger partial charge in [0.2, 0.25) is 10.0 Å². The summed E-state index contributed by atoms with van der Waals surface area (Å²) >= 11 is 0. The van der Waals surface area contributed by atoms with Gasteiger partial charge in [0.05, 0.1) is 0 Å². The fourth-order valence-electron chi connectivity index (χ4n) is 1.76. The Morgan fingerprint density at radius 2 is 2.17 bits per heavy atom. The molecule has 0 bridgehead atoms. The van der Waals surface area contributed by atoms with Gasteiger partial charge in [0.15, 0.2) is 0 Å². The van der Waals surface area contributed by atoms with E-state index in [9.17, 15) is 8.42 Å². The van der Waals surface area contributed by atoms with Crippen molar-refractivity contribution < 1.29 is 8.42 Å². The van der Waals surface area contributed by atoms with Crippen LogP contribution in [0.1, 0.15) is 39.5 Å². The molecule has 0 fully saturated rings. The normalized spacial score (nSPS) is 13.4. The third-order valence-electron chi connectivity index (χ3n) is 3.05. The Morgan fingerprint density at radius 3 is 2.72 bits per heavy atom. The highest BCUT2D eigenvalue weighted by molar-refractivity contribution is 7.89. The summed E-state index contributed by atoms with van der Waals surface area (Å²) in [6, 6.07) is 3.19. The zero-order valence-corrected chi connectivity index (χ0v) is 11.9. The van der Waals surface area contributed by atoms with E-state index >= 15 is 0 Å². The molecule has 0 aliphatic heterocycles. The van der Waals surface area contributed by atoms with E-state index in [4.69, 9.17) is 0 Å². The second-order valence-corrected chi connectivity index (χ2v) is 6.22. The molecule has 4 nitrogen and oxygen atoms in total. The van der Waals surface area contributed by atoms with E-state index in [0.29, 0.717) is 12.5 Å². The molecule has 0 aromatic carbocycles. The molecule has 1 aromatic heterocycles. The maximum atomic E-state index is 12.0. The van der Waals surface area contributed by atoms with Gasteiger partial charge in [-0.15, -0.1) is 0 Å². The molecule has 0 saturated carbocycles. The minimum atomic E-state index is -3.40. The van der Waals surface area contributed by atoms with Crippen LogP contribution in [0.4, 0.5) is 0 Å². The van der Waals surface area contributed by atoms with E-state index in [1.165, 1.54) is 6.20 Å². The van der Waals surface area contributed by atoms with E-state index in [1.54, 1.807) is 18.3 Å². The maximum absolute atomic E-state index is 12.0. The molecule has 1 rings (SSSR count). The van der Waals surface area contributed by atoms with Crippen molar-refractivity contribution in [3.63, 3.8) is 0 Å². The second kappa shape index (κ2) is 7.48. The van der Waals surface area contributed by atoms with Crippen molar-refractivity contribution in [2.75, 3.05) is 6.54 Å². The van der Waals surface area contributed by atoms with Crippen LogP contribution in [-0.4, -0.2) is 19.9 Å².